The van der Waals surface area contributed by atoms with Gasteiger partial charge < -0.3 is 5.32 Å². The first kappa shape index (κ1) is 16.6. The molecule has 21 heavy (non-hydrogen) atoms. The highest BCUT2D eigenvalue weighted by Gasteiger charge is 2.09. The van der Waals surface area contributed by atoms with Crippen LogP contribution in [-0.2, 0) is 6.42 Å². The third-order valence-corrected chi connectivity index (χ3v) is 4.69. The fraction of sp³-hybridized carbons (Fsp3) is 0.500. The van der Waals surface area contributed by atoms with Gasteiger partial charge in [0.15, 0.2) is 0 Å². The summed E-state index contributed by atoms with van der Waals surface area (Å²) in [6, 6.07) is 6.28. The van der Waals surface area contributed by atoms with E-state index in [1.807, 2.05) is 0 Å². The van der Waals surface area contributed by atoms with Crippen molar-refractivity contribution in [2.75, 3.05) is 13.1 Å². The minimum absolute atomic E-state index is 0.707. The zero-order valence-corrected chi connectivity index (χ0v) is 15.2. The van der Waals surface area contributed by atoms with Gasteiger partial charge in [-0.2, -0.15) is 0 Å². The summed E-state index contributed by atoms with van der Waals surface area (Å²) in [5.74, 6) is 0.707. The average Bonchev–Trinajstić information content (AvgIpc) is 2.86. The summed E-state index contributed by atoms with van der Waals surface area (Å²) in [5.41, 5.74) is 2.41. The smallest absolute Gasteiger partial charge is 0.148 e. The van der Waals surface area contributed by atoms with Gasteiger partial charge in [0.1, 0.15) is 10.0 Å². The van der Waals surface area contributed by atoms with Crippen LogP contribution in [0.1, 0.15) is 30.8 Å². The number of halogens is 1. The molecule has 0 saturated carbocycles. The molecule has 0 bridgehead atoms. The van der Waals surface area contributed by atoms with Crippen molar-refractivity contribution in [2.45, 2.75) is 33.6 Å². The molecule has 0 saturated heterocycles. The molecule has 1 aromatic carbocycles. The van der Waals surface area contributed by atoms with Gasteiger partial charge in [0, 0.05) is 16.5 Å². The van der Waals surface area contributed by atoms with Crippen molar-refractivity contribution in [3.05, 3.63) is 33.2 Å². The van der Waals surface area contributed by atoms with Crippen molar-refractivity contribution >= 4 is 27.3 Å². The molecule has 0 fully saturated rings. The summed E-state index contributed by atoms with van der Waals surface area (Å²) in [4.78, 5) is 0. The average molecular weight is 368 g/mol. The largest absolute Gasteiger partial charge is 0.316 e. The van der Waals surface area contributed by atoms with E-state index in [-0.39, 0.29) is 0 Å². The maximum absolute atomic E-state index is 4.34. The molecule has 0 radical (unpaired) electrons. The molecule has 3 nitrogen and oxygen atoms in total. The molecule has 2 aromatic rings. The number of nitrogens with one attached hydrogen (secondary N) is 1. The lowest BCUT2D eigenvalue weighted by molar-refractivity contribution is 0.542. The molecule has 1 aromatic heterocycles. The van der Waals surface area contributed by atoms with Crippen molar-refractivity contribution in [3.8, 4) is 10.6 Å². The van der Waals surface area contributed by atoms with E-state index in [1.165, 1.54) is 11.1 Å². The van der Waals surface area contributed by atoms with Crippen molar-refractivity contribution in [1.29, 1.82) is 0 Å². The van der Waals surface area contributed by atoms with Gasteiger partial charge in [0.25, 0.3) is 0 Å². The van der Waals surface area contributed by atoms with E-state index in [0.717, 1.165) is 40.4 Å². The molecule has 0 aliphatic rings. The summed E-state index contributed by atoms with van der Waals surface area (Å²) < 4.78 is 1.10. The molecule has 0 spiro atoms. The fourth-order valence-corrected chi connectivity index (χ4v) is 3.53. The quantitative estimate of drug-likeness (QED) is 0.734. The maximum atomic E-state index is 4.34. The Kier molecular flexibility index (Phi) is 6.33. The second-order valence-electron chi connectivity index (χ2n) is 5.66. The van der Waals surface area contributed by atoms with Crippen LogP contribution in [0, 0.1) is 12.8 Å². The van der Waals surface area contributed by atoms with Crippen LogP contribution in [0.25, 0.3) is 10.6 Å². The third kappa shape index (κ3) is 5.16. The van der Waals surface area contributed by atoms with Crippen LogP contribution in [0.4, 0.5) is 0 Å². The van der Waals surface area contributed by atoms with Crippen molar-refractivity contribution in [1.82, 2.24) is 15.5 Å². The molecule has 0 unspecified atom stereocenters. The molecule has 2 rings (SSSR count). The number of nitrogens with zero attached hydrogens (tertiary/aromatic N) is 2. The Balaban J connectivity index is 1.89. The van der Waals surface area contributed by atoms with Crippen molar-refractivity contribution < 1.29 is 0 Å². The SMILES string of the molecule is Cc1cc(Br)ccc1-c1nnc(CCCNCC(C)C)s1. The molecule has 114 valence electrons. The monoisotopic (exact) mass is 367 g/mol. The molecule has 5 heteroatoms. The van der Waals surface area contributed by atoms with Gasteiger partial charge in [-0.15, -0.1) is 10.2 Å². The summed E-state index contributed by atoms with van der Waals surface area (Å²) in [7, 11) is 0. The standard InChI is InChI=1S/C16H22BrN3S/c1-11(2)10-18-8-4-5-15-19-20-16(21-15)14-7-6-13(17)9-12(14)3/h6-7,9,11,18H,4-5,8,10H2,1-3H3. The number of aryl methyl sites for hydroxylation is 2. The Bertz CT molecular complexity index is 581. The highest BCUT2D eigenvalue weighted by Crippen LogP contribution is 2.28. The second kappa shape index (κ2) is 8.01. The Hall–Kier alpha value is -0.780. The first-order valence-corrected chi connectivity index (χ1v) is 8.97. The van der Waals surface area contributed by atoms with E-state index in [1.54, 1.807) is 11.3 Å². The maximum Gasteiger partial charge on any atom is 0.148 e. The van der Waals surface area contributed by atoms with Crippen LogP contribution in [0.15, 0.2) is 22.7 Å². The second-order valence-corrected chi connectivity index (χ2v) is 7.64. The van der Waals surface area contributed by atoms with Crippen LogP contribution in [-0.4, -0.2) is 23.3 Å². The molecule has 0 atom stereocenters. The number of hydrogen-bond donors (Lipinski definition) is 1. The van der Waals surface area contributed by atoms with Gasteiger partial charge in [0.2, 0.25) is 0 Å². The van der Waals surface area contributed by atoms with Crippen molar-refractivity contribution in [3.63, 3.8) is 0 Å². The Morgan fingerprint density at radius 1 is 1.29 bits per heavy atom. The van der Waals surface area contributed by atoms with Crippen LogP contribution in [0.5, 0.6) is 0 Å². The van der Waals surface area contributed by atoms with Crippen molar-refractivity contribution in [2.24, 2.45) is 5.92 Å². The van der Waals surface area contributed by atoms with E-state index in [4.69, 9.17) is 0 Å². The van der Waals surface area contributed by atoms with Gasteiger partial charge in [-0.3, -0.25) is 0 Å². The first-order chi connectivity index (χ1) is 10.1. The number of aromatic nitrogens is 2. The van der Waals surface area contributed by atoms with Crippen LogP contribution in [0.2, 0.25) is 0 Å². The molecular formula is C16H22BrN3S. The minimum atomic E-state index is 0.707. The minimum Gasteiger partial charge on any atom is -0.316 e. The number of benzene rings is 1. The highest BCUT2D eigenvalue weighted by atomic mass is 79.9. The zero-order valence-electron chi connectivity index (χ0n) is 12.8. The molecule has 1 N–H and O–H groups in total. The van der Waals surface area contributed by atoms with E-state index in [9.17, 15) is 0 Å². The van der Waals surface area contributed by atoms with E-state index in [2.05, 4.69) is 70.4 Å². The van der Waals surface area contributed by atoms with Crippen LogP contribution >= 0.6 is 27.3 Å². The molecular weight excluding hydrogens is 346 g/mol. The van der Waals surface area contributed by atoms with Gasteiger partial charge >= 0.3 is 0 Å². The Labute approximate surface area is 139 Å². The van der Waals surface area contributed by atoms with Crippen LogP contribution < -0.4 is 5.32 Å². The summed E-state index contributed by atoms with van der Waals surface area (Å²) >= 11 is 5.20. The molecule has 0 aliphatic heterocycles. The Morgan fingerprint density at radius 3 is 2.81 bits per heavy atom. The van der Waals surface area contributed by atoms with Gasteiger partial charge in [-0.05, 0) is 50.0 Å². The summed E-state index contributed by atoms with van der Waals surface area (Å²) in [5, 5.41) is 14.3. The molecule has 0 amide bonds. The number of rotatable bonds is 7. The lowest BCUT2D eigenvalue weighted by atomic mass is 10.1. The summed E-state index contributed by atoms with van der Waals surface area (Å²) in [6.45, 7) is 8.69. The van der Waals surface area contributed by atoms with Crippen LogP contribution in [0.3, 0.4) is 0 Å². The predicted octanol–water partition coefficient (Wildman–Crippen LogP) is 4.45. The fourth-order valence-electron chi connectivity index (χ4n) is 2.09. The van der Waals surface area contributed by atoms with Gasteiger partial charge in [-0.1, -0.05) is 47.2 Å². The van der Waals surface area contributed by atoms with E-state index >= 15 is 0 Å². The lowest BCUT2D eigenvalue weighted by Crippen LogP contribution is -2.21. The topological polar surface area (TPSA) is 37.8 Å². The van der Waals surface area contributed by atoms with E-state index in [0.29, 0.717) is 5.92 Å². The van der Waals surface area contributed by atoms with E-state index < -0.39 is 0 Å². The number of hydrogen-bond acceptors (Lipinski definition) is 4. The third-order valence-electron chi connectivity index (χ3n) is 3.18. The van der Waals surface area contributed by atoms with Gasteiger partial charge in [0.05, 0.1) is 0 Å². The summed E-state index contributed by atoms with van der Waals surface area (Å²) in [6.07, 6.45) is 2.11. The first-order valence-electron chi connectivity index (χ1n) is 7.36. The van der Waals surface area contributed by atoms with Gasteiger partial charge in [-0.25, -0.2) is 0 Å². The highest BCUT2D eigenvalue weighted by molar-refractivity contribution is 9.10. The molecule has 0 aliphatic carbocycles. The normalized spacial score (nSPS) is 11.3. The predicted molar refractivity (Wildman–Crippen MR) is 93.8 cm³/mol. The Morgan fingerprint density at radius 2 is 2.10 bits per heavy atom. The molecule has 1 heterocycles. The zero-order chi connectivity index (χ0) is 15.2. The lowest BCUT2D eigenvalue weighted by Gasteiger charge is -2.05.